The topological polar surface area (TPSA) is 55.5 Å². The summed E-state index contributed by atoms with van der Waals surface area (Å²) in [5, 5.41) is 9.84. The maximum Gasteiger partial charge on any atom is 0.119 e. The average molecular weight is 237 g/mol. The van der Waals surface area contributed by atoms with Crippen molar-refractivity contribution in [3.63, 3.8) is 0 Å². The molecule has 1 aromatic rings. The van der Waals surface area contributed by atoms with E-state index < -0.39 is 6.10 Å². The van der Waals surface area contributed by atoms with Crippen LogP contribution >= 0.6 is 0 Å². The highest BCUT2D eigenvalue weighted by Gasteiger charge is 2.22. The molecule has 0 aliphatic rings. The zero-order valence-electron chi connectivity index (χ0n) is 11.1. The molecule has 0 radical (unpaired) electrons. The first kappa shape index (κ1) is 14.0. The van der Waals surface area contributed by atoms with Crippen LogP contribution in [0.5, 0.6) is 5.75 Å². The Labute approximate surface area is 104 Å². The molecule has 96 valence electrons. The molecule has 0 fully saturated rings. The van der Waals surface area contributed by atoms with E-state index in [4.69, 9.17) is 10.5 Å². The lowest BCUT2D eigenvalue weighted by molar-refractivity contribution is 0.0218. The third-order valence-corrected chi connectivity index (χ3v) is 2.81. The number of hydrogen-bond acceptors (Lipinski definition) is 3. The molecule has 0 saturated carbocycles. The van der Waals surface area contributed by atoms with E-state index in [1.165, 1.54) is 0 Å². The molecule has 0 heterocycles. The summed E-state index contributed by atoms with van der Waals surface area (Å²) in [7, 11) is 0. The van der Waals surface area contributed by atoms with Gasteiger partial charge in [-0.25, -0.2) is 0 Å². The van der Waals surface area contributed by atoms with Gasteiger partial charge in [-0.15, -0.1) is 0 Å². The minimum Gasteiger partial charge on any atom is -0.491 e. The normalized spacial score (nSPS) is 15.4. The number of aliphatic hydroxyl groups is 1. The van der Waals surface area contributed by atoms with Gasteiger partial charge in [0.25, 0.3) is 0 Å². The van der Waals surface area contributed by atoms with Crippen LogP contribution in [0.3, 0.4) is 0 Å². The Hall–Kier alpha value is -1.06. The van der Waals surface area contributed by atoms with Crippen LogP contribution in [0, 0.1) is 5.41 Å². The van der Waals surface area contributed by atoms with Crippen molar-refractivity contribution < 1.29 is 9.84 Å². The van der Waals surface area contributed by atoms with E-state index >= 15 is 0 Å². The monoisotopic (exact) mass is 237 g/mol. The summed E-state index contributed by atoms with van der Waals surface area (Å²) in [5.41, 5.74) is 6.68. The fourth-order valence-corrected chi connectivity index (χ4v) is 1.29. The van der Waals surface area contributed by atoms with Gasteiger partial charge in [0, 0.05) is 6.04 Å². The lowest BCUT2D eigenvalue weighted by Crippen LogP contribution is -2.31. The number of ether oxygens (including phenoxy) is 1. The smallest absolute Gasteiger partial charge is 0.119 e. The summed E-state index contributed by atoms with van der Waals surface area (Å²) < 4.78 is 5.54. The van der Waals surface area contributed by atoms with Crippen LogP contribution in [0.25, 0.3) is 0 Å². The molecule has 0 aromatic heterocycles. The predicted octanol–water partition coefficient (Wildman–Crippen LogP) is 2.49. The summed E-state index contributed by atoms with van der Waals surface area (Å²) in [6, 6.07) is 7.69. The van der Waals surface area contributed by atoms with Crippen LogP contribution in [0.4, 0.5) is 0 Å². The molecule has 1 aromatic carbocycles. The predicted molar refractivity (Wildman–Crippen MR) is 70.0 cm³/mol. The average Bonchev–Trinajstić information content (AvgIpc) is 2.25. The van der Waals surface area contributed by atoms with Crippen molar-refractivity contribution in [1.82, 2.24) is 0 Å². The Balaban J connectivity index is 2.53. The number of nitrogens with two attached hydrogens (primary N) is 1. The van der Waals surface area contributed by atoms with Crippen molar-refractivity contribution in [1.29, 1.82) is 0 Å². The Kier molecular flexibility index (Phi) is 4.54. The van der Waals surface area contributed by atoms with E-state index in [-0.39, 0.29) is 11.5 Å². The SMILES string of the molecule is C[C@H](N)c1ccc(OCC(O)C(C)(C)C)cc1. The fraction of sp³-hybridized carbons (Fsp3) is 0.571. The zero-order valence-corrected chi connectivity index (χ0v) is 11.1. The minimum atomic E-state index is -0.476. The quantitative estimate of drug-likeness (QED) is 0.846. The van der Waals surface area contributed by atoms with Crippen LogP contribution in [-0.4, -0.2) is 17.8 Å². The van der Waals surface area contributed by atoms with Gasteiger partial charge in [0.15, 0.2) is 0 Å². The lowest BCUT2D eigenvalue weighted by Gasteiger charge is -2.25. The molecule has 0 aliphatic carbocycles. The molecule has 0 saturated heterocycles. The molecular weight excluding hydrogens is 214 g/mol. The molecule has 1 rings (SSSR count). The van der Waals surface area contributed by atoms with Crippen molar-refractivity contribution in [2.75, 3.05) is 6.61 Å². The summed E-state index contributed by atoms with van der Waals surface area (Å²) in [6.45, 7) is 8.21. The van der Waals surface area contributed by atoms with Crippen LogP contribution in [0.15, 0.2) is 24.3 Å². The molecular formula is C14H23NO2. The second kappa shape index (κ2) is 5.52. The summed E-state index contributed by atoms with van der Waals surface area (Å²) in [6.07, 6.45) is -0.476. The Bertz CT molecular complexity index is 338. The zero-order chi connectivity index (χ0) is 13.1. The summed E-state index contributed by atoms with van der Waals surface area (Å²) >= 11 is 0. The Morgan fingerprint density at radius 3 is 2.18 bits per heavy atom. The highest BCUT2D eigenvalue weighted by Crippen LogP contribution is 2.21. The van der Waals surface area contributed by atoms with Gasteiger partial charge in [-0.1, -0.05) is 32.9 Å². The number of rotatable bonds is 4. The van der Waals surface area contributed by atoms with E-state index in [1.807, 2.05) is 52.0 Å². The van der Waals surface area contributed by atoms with Crippen LogP contribution in [0.1, 0.15) is 39.3 Å². The molecule has 0 spiro atoms. The van der Waals surface area contributed by atoms with Gasteiger partial charge in [0.05, 0.1) is 6.10 Å². The van der Waals surface area contributed by atoms with Crippen molar-refractivity contribution in [3.8, 4) is 5.75 Å². The van der Waals surface area contributed by atoms with E-state index in [0.29, 0.717) is 6.61 Å². The first-order valence-corrected chi connectivity index (χ1v) is 5.97. The maximum absolute atomic E-state index is 9.84. The summed E-state index contributed by atoms with van der Waals surface area (Å²) in [5.74, 6) is 0.762. The van der Waals surface area contributed by atoms with E-state index in [9.17, 15) is 5.11 Å². The highest BCUT2D eigenvalue weighted by molar-refractivity contribution is 5.28. The second-order valence-corrected chi connectivity index (χ2v) is 5.55. The van der Waals surface area contributed by atoms with Crippen molar-refractivity contribution >= 4 is 0 Å². The molecule has 3 N–H and O–H groups in total. The maximum atomic E-state index is 9.84. The third-order valence-electron chi connectivity index (χ3n) is 2.81. The van der Waals surface area contributed by atoms with E-state index in [1.54, 1.807) is 0 Å². The standard InChI is InChI=1S/C14H23NO2/c1-10(15)11-5-7-12(8-6-11)17-9-13(16)14(2,3)4/h5-8,10,13,16H,9,15H2,1-4H3/t10-,13?/m0/s1. The van der Waals surface area contributed by atoms with Gasteiger partial charge in [-0.3, -0.25) is 0 Å². The molecule has 17 heavy (non-hydrogen) atoms. The molecule has 1 unspecified atom stereocenters. The van der Waals surface area contributed by atoms with E-state index in [0.717, 1.165) is 11.3 Å². The van der Waals surface area contributed by atoms with Crippen molar-refractivity contribution in [2.45, 2.75) is 39.8 Å². The minimum absolute atomic E-state index is 0.0317. The van der Waals surface area contributed by atoms with Crippen LogP contribution < -0.4 is 10.5 Å². The molecule has 2 atom stereocenters. The van der Waals surface area contributed by atoms with Crippen molar-refractivity contribution in [2.24, 2.45) is 11.1 Å². The van der Waals surface area contributed by atoms with E-state index in [2.05, 4.69) is 0 Å². The molecule has 3 nitrogen and oxygen atoms in total. The third kappa shape index (κ3) is 4.36. The van der Waals surface area contributed by atoms with Crippen LogP contribution in [0.2, 0.25) is 0 Å². The van der Waals surface area contributed by atoms with Gasteiger partial charge < -0.3 is 15.6 Å². The van der Waals surface area contributed by atoms with Gasteiger partial charge in [0.2, 0.25) is 0 Å². The first-order valence-electron chi connectivity index (χ1n) is 5.97. The van der Waals surface area contributed by atoms with Gasteiger partial charge in [0.1, 0.15) is 12.4 Å². The first-order chi connectivity index (χ1) is 7.80. The summed E-state index contributed by atoms with van der Waals surface area (Å²) in [4.78, 5) is 0. The number of benzene rings is 1. The lowest BCUT2D eigenvalue weighted by atomic mass is 9.90. The number of hydrogen-bond donors (Lipinski definition) is 2. The van der Waals surface area contributed by atoms with Gasteiger partial charge in [-0.2, -0.15) is 0 Å². The Morgan fingerprint density at radius 1 is 1.24 bits per heavy atom. The van der Waals surface area contributed by atoms with Gasteiger partial charge in [-0.05, 0) is 30.0 Å². The van der Waals surface area contributed by atoms with Crippen molar-refractivity contribution in [3.05, 3.63) is 29.8 Å². The van der Waals surface area contributed by atoms with Crippen LogP contribution in [-0.2, 0) is 0 Å². The fourth-order valence-electron chi connectivity index (χ4n) is 1.29. The second-order valence-electron chi connectivity index (χ2n) is 5.55. The molecule has 3 heteroatoms. The Morgan fingerprint density at radius 2 is 1.76 bits per heavy atom. The number of aliphatic hydroxyl groups excluding tert-OH is 1. The molecule has 0 bridgehead atoms. The highest BCUT2D eigenvalue weighted by atomic mass is 16.5. The molecule has 0 aliphatic heterocycles. The largest absolute Gasteiger partial charge is 0.491 e. The van der Waals surface area contributed by atoms with Gasteiger partial charge >= 0.3 is 0 Å². The molecule has 0 amide bonds.